The van der Waals surface area contributed by atoms with Crippen LogP contribution in [0.15, 0.2) is 39.5 Å². The molecule has 0 fully saturated rings. The maximum absolute atomic E-state index is 5.22. The molecule has 2 aromatic rings. The van der Waals surface area contributed by atoms with E-state index in [0.29, 0.717) is 0 Å². The quantitative estimate of drug-likeness (QED) is 0.837. The molecule has 1 N–H and O–H groups in total. The summed E-state index contributed by atoms with van der Waals surface area (Å²) in [5.41, 5.74) is 1.14. The molecule has 0 spiro atoms. The highest BCUT2D eigenvalue weighted by Gasteiger charge is 2.02. The zero-order valence-electron chi connectivity index (χ0n) is 6.38. The minimum absolute atomic E-state index is 0.806. The van der Waals surface area contributed by atoms with Crippen molar-refractivity contribution in [2.24, 2.45) is 0 Å². The largest absolute Gasteiger partial charge is 0.469 e. The summed E-state index contributed by atoms with van der Waals surface area (Å²) in [5, 5.41) is 0. The smallest absolute Gasteiger partial charge is 0.109 e. The fraction of sp³-hybridized carbons (Fsp3) is 0.111. The first kappa shape index (κ1) is 7.68. The first-order valence-electron chi connectivity index (χ1n) is 3.70. The molecule has 2 rings (SSSR count). The Bertz CT molecular complexity index is 350. The Kier molecular flexibility index (Phi) is 2.04. The average molecular weight is 226 g/mol. The van der Waals surface area contributed by atoms with Crippen LogP contribution in [0.4, 0.5) is 0 Å². The summed E-state index contributed by atoms with van der Waals surface area (Å²) in [6, 6.07) is 5.84. The normalized spacial score (nSPS) is 10.4. The standard InChI is InChI=1S/C9H8BrNO/c10-8-3-4-11-9(8)6-7-2-1-5-12-7/h1-5,11H,6H2. The number of aromatic amines is 1. The number of furan rings is 1. The molecule has 0 unspecified atom stereocenters. The summed E-state index contributed by atoms with van der Waals surface area (Å²) >= 11 is 3.44. The van der Waals surface area contributed by atoms with Crippen molar-refractivity contribution in [1.82, 2.24) is 4.98 Å². The van der Waals surface area contributed by atoms with E-state index in [1.54, 1.807) is 6.26 Å². The van der Waals surface area contributed by atoms with Crippen molar-refractivity contribution in [2.45, 2.75) is 6.42 Å². The van der Waals surface area contributed by atoms with Crippen molar-refractivity contribution < 1.29 is 4.42 Å². The van der Waals surface area contributed by atoms with Crippen LogP contribution in [0.1, 0.15) is 11.5 Å². The molecule has 0 amide bonds. The van der Waals surface area contributed by atoms with Crippen LogP contribution in [0.3, 0.4) is 0 Å². The van der Waals surface area contributed by atoms with Crippen LogP contribution in [0.5, 0.6) is 0 Å². The first-order valence-corrected chi connectivity index (χ1v) is 4.49. The minimum Gasteiger partial charge on any atom is -0.469 e. The summed E-state index contributed by atoms with van der Waals surface area (Å²) in [6.07, 6.45) is 4.40. The maximum atomic E-state index is 5.22. The van der Waals surface area contributed by atoms with Crippen LogP contribution in [0.2, 0.25) is 0 Å². The zero-order chi connectivity index (χ0) is 8.39. The van der Waals surface area contributed by atoms with Gasteiger partial charge in [0.15, 0.2) is 0 Å². The average Bonchev–Trinajstić information content (AvgIpc) is 2.65. The molecule has 0 bridgehead atoms. The third kappa shape index (κ3) is 1.46. The fourth-order valence-electron chi connectivity index (χ4n) is 1.11. The zero-order valence-corrected chi connectivity index (χ0v) is 7.97. The Morgan fingerprint density at radius 2 is 2.33 bits per heavy atom. The lowest BCUT2D eigenvalue weighted by molar-refractivity contribution is 0.519. The first-order chi connectivity index (χ1) is 5.86. The topological polar surface area (TPSA) is 28.9 Å². The van der Waals surface area contributed by atoms with Gasteiger partial charge in [0, 0.05) is 22.8 Å². The lowest BCUT2D eigenvalue weighted by atomic mass is 10.2. The molecule has 12 heavy (non-hydrogen) atoms. The Balaban J connectivity index is 2.20. The molecule has 3 heteroatoms. The highest BCUT2D eigenvalue weighted by atomic mass is 79.9. The van der Waals surface area contributed by atoms with Crippen LogP contribution in [0, 0.1) is 0 Å². The van der Waals surface area contributed by atoms with Crippen molar-refractivity contribution >= 4 is 15.9 Å². The van der Waals surface area contributed by atoms with Gasteiger partial charge < -0.3 is 9.40 Å². The lowest BCUT2D eigenvalue weighted by Gasteiger charge is -1.94. The maximum Gasteiger partial charge on any atom is 0.109 e. The Labute approximate surface area is 78.7 Å². The SMILES string of the molecule is Brc1cc[nH]c1Cc1ccco1. The molecular formula is C9H8BrNO. The predicted molar refractivity (Wildman–Crippen MR) is 50.0 cm³/mol. The summed E-state index contributed by atoms with van der Waals surface area (Å²) in [4.78, 5) is 3.14. The molecule has 0 aliphatic carbocycles. The molecule has 0 radical (unpaired) electrons. The van der Waals surface area contributed by atoms with E-state index in [9.17, 15) is 0 Å². The van der Waals surface area contributed by atoms with Gasteiger partial charge in [0.05, 0.1) is 6.26 Å². The molecule has 0 aliphatic rings. The van der Waals surface area contributed by atoms with Gasteiger partial charge in [-0.2, -0.15) is 0 Å². The van der Waals surface area contributed by atoms with E-state index < -0.39 is 0 Å². The van der Waals surface area contributed by atoms with E-state index in [0.717, 1.165) is 22.3 Å². The Morgan fingerprint density at radius 1 is 1.42 bits per heavy atom. The minimum atomic E-state index is 0.806. The summed E-state index contributed by atoms with van der Waals surface area (Å²) in [7, 11) is 0. The monoisotopic (exact) mass is 225 g/mol. The van der Waals surface area contributed by atoms with E-state index in [1.807, 2.05) is 24.4 Å². The molecular weight excluding hydrogens is 218 g/mol. The number of H-pyrrole nitrogens is 1. The highest BCUT2D eigenvalue weighted by Crippen LogP contribution is 2.18. The van der Waals surface area contributed by atoms with Gasteiger partial charge in [-0.05, 0) is 34.1 Å². The number of nitrogens with one attached hydrogen (secondary N) is 1. The molecule has 2 aromatic heterocycles. The third-order valence-electron chi connectivity index (χ3n) is 1.71. The van der Waals surface area contributed by atoms with E-state index >= 15 is 0 Å². The van der Waals surface area contributed by atoms with Crippen LogP contribution < -0.4 is 0 Å². The van der Waals surface area contributed by atoms with Crippen molar-refractivity contribution in [3.05, 3.63) is 46.6 Å². The summed E-state index contributed by atoms with van der Waals surface area (Å²) < 4.78 is 6.32. The van der Waals surface area contributed by atoms with Gasteiger partial charge in [0.25, 0.3) is 0 Å². The van der Waals surface area contributed by atoms with E-state index in [2.05, 4.69) is 20.9 Å². The molecule has 2 heterocycles. The van der Waals surface area contributed by atoms with Crippen molar-refractivity contribution in [1.29, 1.82) is 0 Å². The Morgan fingerprint density at radius 3 is 2.92 bits per heavy atom. The second-order valence-corrected chi connectivity index (χ2v) is 3.41. The fourth-order valence-corrected chi connectivity index (χ4v) is 1.49. The summed E-state index contributed by atoms with van der Waals surface area (Å²) in [5.74, 6) is 0.971. The molecule has 0 saturated carbocycles. The van der Waals surface area contributed by atoms with Gasteiger partial charge in [0.1, 0.15) is 5.76 Å². The van der Waals surface area contributed by atoms with Gasteiger partial charge in [-0.15, -0.1) is 0 Å². The van der Waals surface area contributed by atoms with Crippen LogP contribution in [0.25, 0.3) is 0 Å². The van der Waals surface area contributed by atoms with E-state index in [-0.39, 0.29) is 0 Å². The lowest BCUT2D eigenvalue weighted by Crippen LogP contribution is -1.85. The Hall–Kier alpha value is -0.960. The van der Waals surface area contributed by atoms with Gasteiger partial charge in [-0.1, -0.05) is 0 Å². The number of hydrogen-bond donors (Lipinski definition) is 1. The number of aromatic nitrogens is 1. The van der Waals surface area contributed by atoms with E-state index in [4.69, 9.17) is 4.42 Å². The van der Waals surface area contributed by atoms with Gasteiger partial charge in [0.2, 0.25) is 0 Å². The van der Waals surface area contributed by atoms with Gasteiger partial charge in [-0.25, -0.2) is 0 Å². The highest BCUT2D eigenvalue weighted by molar-refractivity contribution is 9.10. The van der Waals surface area contributed by atoms with Crippen LogP contribution in [-0.4, -0.2) is 4.98 Å². The van der Waals surface area contributed by atoms with Crippen molar-refractivity contribution in [3.8, 4) is 0 Å². The number of hydrogen-bond acceptors (Lipinski definition) is 1. The van der Waals surface area contributed by atoms with Crippen molar-refractivity contribution in [2.75, 3.05) is 0 Å². The molecule has 62 valence electrons. The predicted octanol–water partition coefficient (Wildman–Crippen LogP) is 2.96. The van der Waals surface area contributed by atoms with E-state index in [1.165, 1.54) is 0 Å². The van der Waals surface area contributed by atoms with Gasteiger partial charge in [-0.3, -0.25) is 0 Å². The third-order valence-corrected chi connectivity index (χ3v) is 2.45. The molecule has 0 aliphatic heterocycles. The molecule has 0 aromatic carbocycles. The second kappa shape index (κ2) is 3.19. The van der Waals surface area contributed by atoms with Crippen LogP contribution >= 0.6 is 15.9 Å². The number of rotatable bonds is 2. The molecule has 0 saturated heterocycles. The molecule has 0 atom stereocenters. The van der Waals surface area contributed by atoms with Gasteiger partial charge >= 0.3 is 0 Å². The summed E-state index contributed by atoms with van der Waals surface area (Å²) in [6.45, 7) is 0. The second-order valence-electron chi connectivity index (χ2n) is 2.56. The van der Waals surface area contributed by atoms with Crippen molar-refractivity contribution in [3.63, 3.8) is 0 Å². The van der Waals surface area contributed by atoms with Crippen LogP contribution in [-0.2, 0) is 6.42 Å². The molecule has 2 nitrogen and oxygen atoms in total. The number of halogens is 1.